The smallest absolute Gasteiger partial charge is 0.157 e. The fraction of sp³-hybridized carbons (Fsp3) is 0.625. The molecule has 0 spiro atoms. The summed E-state index contributed by atoms with van der Waals surface area (Å²) in [5.74, 6) is 0.778. The second-order valence-corrected chi connectivity index (χ2v) is 6.33. The van der Waals surface area contributed by atoms with Gasteiger partial charge in [-0.15, -0.1) is 0 Å². The topological polar surface area (TPSA) is 46.0 Å². The molecule has 1 fully saturated rings. The number of hydrogen-bond donors (Lipinski definition) is 1. The van der Waals surface area contributed by atoms with Crippen LogP contribution in [0.15, 0.2) is 12.3 Å². The second-order valence-electron chi connectivity index (χ2n) is 6.33. The third kappa shape index (κ3) is 3.24. The van der Waals surface area contributed by atoms with E-state index in [-0.39, 0.29) is 0 Å². The zero-order chi connectivity index (χ0) is 14.8. The Morgan fingerprint density at radius 1 is 1.38 bits per heavy atom. The fourth-order valence-electron chi connectivity index (χ4n) is 3.31. The summed E-state index contributed by atoms with van der Waals surface area (Å²) in [5.41, 5.74) is 3.25. The van der Waals surface area contributed by atoms with Gasteiger partial charge in [0.2, 0.25) is 0 Å². The van der Waals surface area contributed by atoms with Crippen molar-refractivity contribution in [3.05, 3.63) is 23.5 Å². The molecule has 1 unspecified atom stereocenters. The normalized spacial score (nSPS) is 20.2. The van der Waals surface area contributed by atoms with Gasteiger partial charge >= 0.3 is 0 Å². The molecule has 0 amide bonds. The van der Waals surface area contributed by atoms with Gasteiger partial charge in [0.15, 0.2) is 5.65 Å². The van der Waals surface area contributed by atoms with Crippen molar-refractivity contribution in [1.82, 2.24) is 25.0 Å². The van der Waals surface area contributed by atoms with E-state index in [1.807, 2.05) is 24.9 Å². The van der Waals surface area contributed by atoms with Crippen molar-refractivity contribution in [2.24, 2.45) is 13.0 Å². The number of hydrogen-bond acceptors (Lipinski definition) is 4. The molecule has 1 saturated heterocycles. The lowest BCUT2D eigenvalue weighted by molar-refractivity contribution is 0.206. The van der Waals surface area contributed by atoms with Crippen LogP contribution in [0.25, 0.3) is 11.0 Å². The number of pyridine rings is 1. The van der Waals surface area contributed by atoms with Gasteiger partial charge < -0.3 is 10.2 Å². The largest absolute Gasteiger partial charge is 0.312 e. The average molecular weight is 287 g/mol. The Labute approximate surface area is 126 Å². The molecule has 1 N–H and O–H groups in total. The first-order valence-corrected chi connectivity index (χ1v) is 7.81. The highest BCUT2D eigenvalue weighted by molar-refractivity contribution is 5.78. The number of aryl methyl sites for hydroxylation is 2. The summed E-state index contributed by atoms with van der Waals surface area (Å²) in [6.07, 6.45) is 4.63. The molecule has 1 aliphatic heterocycles. The first kappa shape index (κ1) is 14.5. The zero-order valence-electron chi connectivity index (χ0n) is 13.3. The highest BCUT2D eigenvalue weighted by Crippen LogP contribution is 2.17. The summed E-state index contributed by atoms with van der Waals surface area (Å²) in [6, 6.07) is 2.21. The molecule has 2 aromatic rings. The van der Waals surface area contributed by atoms with Crippen molar-refractivity contribution in [3.63, 3.8) is 0 Å². The Balaban J connectivity index is 1.59. The van der Waals surface area contributed by atoms with E-state index in [9.17, 15) is 0 Å². The Morgan fingerprint density at radius 3 is 3.05 bits per heavy atom. The molecule has 1 aliphatic rings. The van der Waals surface area contributed by atoms with E-state index >= 15 is 0 Å². The van der Waals surface area contributed by atoms with Crippen molar-refractivity contribution >= 4 is 11.0 Å². The van der Waals surface area contributed by atoms with Crippen LogP contribution in [0.3, 0.4) is 0 Å². The van der Waals surface area contributed by atoms with Crippen LogP contribution in [-0.2, 0) is 13.6 Å². The number of rotatable bonds is 4. The van der Waals surface area contributed by atoms with Gasteiger partial charge in [0, 0.05) is 31.7 Å². The third-order valence-corrected chi connectivity index (χ3v) is 4.40. The first-order valence-electron chi connectivity index (χ1n) is 7.81. The zero-order valence-corrected chi connectivity index (χ0v) is 13.3. The van der Waals surface area contributed by atoms with Crippen molar-refractivity contribution < 1.29 is 0 Å². The van der Waals surface area contributed by atoms with E-state index in [1.165, 1.54) is 31.5 Å². The minimum Gasteiger partial charge on any atom is -0.312 e. The Kier molecular flexibility index (Phi) is 4.22. The van der Waals surface area contributed by atoms with Gasteiger partial charge in [-0.25, -0.2) is 4.98 Å². The molecule has 21 heavy (non-hydrogen) atoms. The standard InChI is InChI=1S/C16H25N5/c1-12-15-7-14(10-18-16(15)21(3)19-12)9-17-8-13-5-4-6-20(2)11-13/h7,10,13,17H,4-6,8-9,11H2,1-3H3. The number of nitrogens with zero attached hydrogens (tertiary/aromatic N) is 4. The summed E-state index contributed by atoms with van der Waals surface area (Å²) in [4.78, 5) is 6.96. The van der Waals surface area contributed by atoms with Gasteiger partial charge in [-0.3, -0.25) is 4.68 Å². The molecular weight excluding hydrogens is 262 g/mol. The van der Waals surface area contributed by atoms with Crippen molar-refractivity contribution in [2.75, 3.05) is 26.7 Å². The van der Waals surface area contributed by atoms with Gasteiger partial charge in [-0.05, 0) is 57.5 Å². The molecule has 0 radical (unpaired) electrons. The highest BCUT2D eigenvalue weighted by atomic mass is 15.3. The number of aromatic nitrogens is 3. The van der Waals surface area contributed by atoms with Crippen LogP contribution in [0.4, 0.5) is 0 Å². The van der Waals surface area contributed by atoms with Crippen LogP contribution >= 0.6 is 0 Å². The molecule has 2 aromatic heterocycles. The first-order chi connectivity index (χ1) is 10.1. The number of piperidine rings is 1. The molecular formula is C16H25N5. The van der Waals surface area contributed by atoms with Gasteiger partial charge in [-0.1, -0.05) is 0 Å². The summed E-state index contributed by atoms with van der Waals surface area (Å²) < 4.78 is 1.85. The molecule has 0 saturated carbocycles. The lowest BCUT2D eigenvalue weighted by Crippen LogP contribution is -2.37. The van der Waals surface area contributed by atoms with Crippen LogP contribution in [-0.4, -0.2) is 46.3 Å². The molecule has 3 heterocycles. The van der Waals surface area contributed by atoms with E-state index in [4.69, 9.17) is 0 Å². The Bertz CT molecular complexity index is 618. The summed E-state index contributed by atoms with van der Waals surface area (Å²) in [7, 11) is 4.16. The molecule has 114 valence electrons. The fourth-order valence-corrected chi connectivity index (χ4v) is 3.31. The second kappa shape index (κ2) is 6.12. The van der Waals surface area contributed by atoms with Gasteiger partial charge in [0.05, 0.1) is 5.69 Å². The van der Waals surface area contributed by atoms with Gasteiger partial charge in [0.25, 0.3) is 0 Å². The SMILES string of the molecule is Cc1nn(C)c2ncc(CNCC3CCCN(C)C3)cc12. The Morgan fingerprint density at radius 2 is 2.24 bits per heavy atom. The minimum absolute atomic E-state index is 0.778. The van der Waals surface area contributed by atoms with E-state index in [0.717, 1.165) is 35.7 Å². The van der Waals surface area contributed by atoms with Gasteiger partial charge in [0.1, 0.15) is 0 Å². The summed E-state index contributed by atoms with van der Waals surface area (Å²) >= 11 is 0. The van der Waals surface area contributed by atoms with Crippen molar-refractivity contribution in [3.8, 4) is 0 Å². The maximum Gasteiger partial charge on any atom is 0.157 e. The average Bonchev–Trinajstić information content (AvgIpc) is 2.74. The van der Waals surface area contributed by atoms with Crippen LogP contribution in [0, 0.1) is 12.8 Å². The molecule has 0 aromatic carbocycles. The molecule has 5 nitrogen and oxygen atoms in total. The maximum absolute atomic E-state index is 4.53. The van der Waals surface area contributed by atoms with Crippen LogP contribution in [0.1, 0.15) is 24.1 Å². The summed E-state index contributed by atoms with van der Waals surface area (Å²) in [5, 5.41) is 9.17. The maximum atomic E-state index is 4.53. The number of nitrogens with one attached hydrogen (secondary N) is 1. The van der Waals surface area contributed by atoms with E-state index in [2.05, 4.69) is 33.4 Å². The van der Waals surface area contributed by atoms with Crippen molar-refractivity contribution in [1.29, 1.82) is 0 Å². The van der Waals surface area contributed by atoms with Crippen LogP contribution < -0.4 is 5.32 Å². The third-order valence-electron chi connectivity index (χ3n) is 4.40. The molecule has 1 atom stereocenters. The van der Waals surface area contributed by atoms with Crippen LogP contribution in [0.2, 0.25) is 0 Å². The van der Waals surface area contributed by atoms with E-state index in [0.29, 0.717) is 0 Å². The number of fused-ring (bicyclic) bond motifs is 1. The monoisotopic (exact) mass is 287 g/mol. The Hall–Kier alpha value is -1.46. The van der Waals surface area contributed by atoms with Crippen LogP contribution in [0.5, 0.6) is 0 Å². The number of likely N-dealkylation sites (tertiary alicyclic amines) is 1. The molecule has 5 heteroatoms. The predicted molar refractivity (Wildman–Crippen MR) is 85.2 cm³/mol. The summed E-state index contributed by atoms with van der Waals surface area (Å²) in [6.45, 7) is 6.48. The predicted octanol–water partition coefficient (Wildman–Crippen LogP) is 1.71. The lowest BCUT2D eigenvalue weighted by Gasteiger charge is -2.29. The minimum atomic E-state index is 0.778. The van der Waals surface area contributed by atoms with Gasteiger partial charge in [-0.2, -0.15) is 5.10 Å². The lowest BCUT2D eigenvalue weighted by atomic mass is 9.98. The molecule has 0 bridgehead atoms. The quantitative estimate of drug-likeness (QED) is 0.930. The van der Waals surface area contributed by atoms with E-state index < -0.39 is 0 Å². The highest BCUT2D eigenvalue weighted by Gasteiger charge is 2.16. The molecule has 3 rings (SSSR count). The molecule has 0 aliphatic carbocycles. The van der Waals surface area contributed by atoms with E-state index in [1.54, 1.807) is 0 Å². The van der Waals surface area contributed by atoms with Crippen molar-refractivity contribution in [2.45, 2.75) is 26.3 Å².